The summed E-state index contributed by atoms with van der Waals surface area (Å²) in [6.45, 7) is 0.519. The Kier molecular flexibility index (Phi) is 6.18. The zero-order valence-corrected chi connectivity index (χ0v) is 18.8. The molecule has 174 valence electrons. The molecule has 6 heteroatoms. The van der Waals surface area contributed by atoms with Crippen molar-refractivity contribution in [3.05, 3.63) is 131 Å². The molecule has 0 aliphatic carbocycles. The number of aliphatic hydroxyl groups is 1. The van der Waals surface area contributed by atoms with Crippen molar-refractivity contribution in [2.45, 2.75) is 19.2 Å². The summed E-state index contributed by atoms with van der Waals surface area (Å²) >= 11 is 0. The third-order valence-electron chi connectivity index (χ3n) is 5.94. The zero-order valence-electron chi connectivity index (χ0n) is 18.8. The molecule has 1 fully saturated rings. The van der Waals surface area contributed by atoms with Crippen molar-refractivity contribution in [3.63, 3.8) is 0 Å². The lowest BCUT2D eigenvalue weighted by molar-refractivity contribution is -0.140. The van der Waals surface area contributed by atoms with E-state index in [1.165, 1.54) is 11.2 Å². The van der Waals surface area contributed by atoms with Crippen LogP contribution in [0.3, 0.4) is 0 Å². The van der Waals surface area contributed by atoms with E-state index < -0.39 is 17.7 Å². The first-order valence-corrected chi connectivity index (χ1v) is 11.2. The number of carbonyl (C=O) groups excluding carboxylic acids is 2. The van der Waals surface area contributed by atoms with Crippen molar-refractivity contribution in [1.82, 2.24) is 4.90 Å². The van der Waals surface area contributed by atoms with E-state index in [0.717, 1.165) is 5.56 Å². The van der Waals surface area contributed by atoms with Gasteiger partial charge in [-0.05, 0) is 35.4 Å². The van der Waals surface area contributed by atoms with Crippen LogP contribution < -0.4 is 4.74 Å². The molecule has 6 nitrogen and oxygen atoms in total. The second-order valence-electron chi connectivity index (χ2n) is 8.22. The molecule has 2 heterocycles. The zero-order chi connectivity index (χ0) is 24.2. The molecule has 35 heavy (non-hydrogen) atoms. The van der Waals surface area contributed by atoms with E-state index in [0.29, 0.717) is 29.2 Å². The van der Waals surface area contributed by atoms with Crippen LogP contribution in [0.1, 0.15) is 28.5 Å². The Labute approximate surface area is 202 Å². The Balaban J connectivity index is 1.50. The maximum Gasteiger partial charge on any atom is 0.296 e. The summed E-state index contributed by atoms with van der Waals surface area (Å²) in [5.41, 5.74) is 2.24. The molecule has 1 unspecified atom stereocenters. The number of carbonyl (C=O) groups is 2. The van der Waals surface area contributed by atoms with Crippen molar-refractivity contribution in [2.24, 2.45) is 0 Å². The van der Waals surface area contributed by atoms with Gasteiger partial charge in [0.1, 0.15) is 23.9 Å². The largest absolute Gasteiger partial charge is 0.507 e. The van der Waals surface area contributed by atoms with Crippen LogP contribution >= 0.6 is 0 Å². The van der Waals surface area contributed by atoms with E-state index in [4.69, 9.17) is 9.15 Å². The lowest BCUT2D eigenvalue weighted by Crippen LogP contribution is -2.29. The summed E-state index contributed by atoms with van der Waals surface area (Å²) in [6, 6.07) is 28.5. The standard InChI is InChI=1S/C29H23NO5/c31-27(22-10-5-2-6-11-22)25-26(30(29(33)28(25)32)18-24-12-7-17-34-24)21-13-15-23(16-14-21)35-19-20-8-3-1-4-9-20/h1-17,26,31H,18-19H2/b27-25+. The quantitative estimate of drug-likeness (QED) is 0.222. The Morgan fingerprint density at radius 1 is 0.857 bits per heavy atom. The van der Waals surface area contributed by atoms with Gasteiger partial charge in [0.15, 0.2) is 0 Å². The van der Waals surface area contributed by atoms with Gasteiger partial charge in [0.05, 0.1) is 24.4 Å². The Bertz CT molecular complexity index is 1340. The van der Waals surface area contributed by atoms with Gasteiger partial charge >= 0.3 is 0 Å². The van der Waals surface area contributed by atoms with Gasteiger partial charge in [0.2, 0.25) is 0 Å². The molecule has 1 atom stereocenters. The average molecular weight is 466 g/mol. The molecule has 5 rings (SSSR count). The fraction of sp³-hybridized carbons (Fsp3) is 0.103. The number of aliphatic hydroxyl groups excluding tert-OH is 1. The number of Topliss-reactive ketones (excluding diaryl/α,β-unsaturated/α-hetero) is 1. The molecule has 1 aliphatic heterocycles. The molecule has 0 saturated carbocycles. The van der Waals surface area contributed by atoms with Crippen LogP contribution in [0.2, 0.25) is 0 Å². The second kappa shape index (κ2) is 9.73. The van der Waals surface area contributed by atoms with Crippen LogP contribution in [0.4, 0.5) is 0 Å². The van der Waals surface area contributed by atoms with Crippen LogP contribution in [0.25, 0.3) is 5.76 Å². The number of hydrogen-bond acceptors (Lipinski definition) is 5. The smallest absolute Gasteiger partial charge is 0.296 e. The summed E-state index contributed by atoms with van der Waals surface area (Å²) in [5.74, 6) is -0.427. The van der Waals surface area contributed by atoms with Gasteiger partial charge in [-0.25, -0.2) is 0 Å². The fourth-order valence-corrected chi connectivity index (χ4v) is 4.20. The van der Waals surface area contributed by atoms with Crippen molar-refractivity contribution in [1.29, 1.82) is 0 Å². The highest BCUT2D eigenvalue weighted by Gasteiger charge is 2.46. The minimum absolute atomic E-state index is 0.0470. The van der Waals surface area contributed by atoms with Gasteiger partial charge in [0, 0.05) is 5.56 Å². The SMILES string of the molecule is O=C1C(=O)N(Cc2ccco2)C(c2ccc(OCc3ccccc3)cc2)/C1=C(\O)c1ccccc1. The predicted molar refractivity (Wildman–Crippen MR) is 130 cm³/mol. The summed E-state index contributed by atoms with van der Waals surface area (Å²) in [5, 5.41) is 11.1. The van der Waals surface area contributed by atoms with E-state index in [2.05, 4.69) is 0 Å². The highest BCUT2D eigenvalue weighted by atomic mass is 16.5. The van der Waals surface area contributed by atoms with Crippen LogP contribution in [-0.4, -0.2) is 21.7 Å². The van der Waals surface area contributed by atoms with E-state index in [1.807, 2.05) is 48.5 Å². The lowest BCUT2D eigenvalue weighted by atomic mass is 9.95. The molecule has 1 aromatic heterocycles. The van der Waals surface area contributed by atoms with E-state index in [-0.39, 0.29) is 17.9 Å². The van der Waals surface area contributed by atoms with E-state index >= 15 is 0 Å². The van der Waals surface area contributed by atoms with Gasteiger partial charge in [-0.15, -0.1) is 0 Å². The van der Waals surface area contributed by atoms with Crippen LogP contribution in [0.15, 0.2) is 113 Å². The van der Waals surface area contributed by atoms with Crippen LogP contribution in [0.5, 0.6) is 5.75 Å². The maximum absolute atomic E-state index is 13.1. The van der Waals surface area contributed by atoms with E-state index in [1.54, 1.807) is 48.5 Å². The molecular weight excluding hydrogens is 442 g/mol. The summed E-state index contributed by atoms with van der Waals surface area (Å²) in [4.78, 5) is 27.6. The van der Waals surface area contributed by atoms with Crippen molar-refractivity contribution in [2.75, 3.05) is 0 Å². The molecule has 0 spiro atoms. The number of hydrogen-bond donors (Lipinski definition) is 1. The van der Waals surface area contributed by atoms with Gasteiger partial charge in [-0.3, -0.25) is 9.59 Å². The molecule has 3 aromatic carbocycles. The highest BCUT2D eigenvalue weighted by molar-refractivity contribution is 6.46. The second-order valence-corrected chi connectivity index (χ2v) is 8.22. The number of ether oxygens (including phenoxy) is 1. The van der Waals surface area contributed by atoms with Crippen LogP contribution in [0, 0.1) is 0 Å². The molecule has 1 saturated heterocycles. The molecule has 4 aromatic rings. The Morgan fingerprint density at radius 2 is 1.54 bits per heavy atom. The van der Waals surface area contributed by atoms with Gasteiger partial charge in [-0.2, -0.15) is 0 Å². The fourth-order valence-electron chi connectivity index (χ4n) is 4.20. The number of furan rings is 1. The third-order valence-corrected chi connectivity index (χ3v) is 5.94. The first-order chi connectivity index (χ1) is 17.1. The van der Waals surface area contributed by atoms with Gasteiger partial charge in [0.25, 0.3) is 11.7 Å². The average Bonchev–Trinajstić information content (AvgIpc) is 3.51. The monoisotopic (exact) mass is 465 g/mol. The van der Waals surface area contributed by atoms with Crippen molar-refractivity contribution in [3.8, 4) is 5.75 Å². The molecule has 1 amide bonds. The minimum atomic E-state index is -0.775. The van der Waals surface area contributed by atoms with Crippen molar-refractivity contribution < 1.29 is 23.8 Å². The number of amides is 1. The molecular formula is C29H23NO5. The highest BCUT2D eigenvalue weighted by Crippen LogP contribution is 2.40. The minimum Gasteiger partial charge on any atom is -0.507 e. The Morgan fingerprint density at radius 3 is 2.20 bits per heavy atom. The van der Waals surface area contributed by atoms with Gasteiger partial charge in [-0.1, -0.05) is 72.8 Å². The molecule has 1 aliphatic rings. The molecule has 1 N–H and O–H groups in total. The van der Waals surface area contributed by atoms with Crippen LogP contribution in [-0.2, 0) is 22.7 Å². The number of benzene rings is 3. The number of nitrogens with zero attached hydrogens (tertiary/aromatic N) is 1. The summed E-state index contributed by atoms with van der Waals surface area (Å²) in [6.07, 6.45) is 1.52. The van der Waals surface area contributed by atoms with E-state index in [9.17, 15) is 14.7 Å². The lowest BCUT2D eigenvalue weighted by Gasteiger charge is -2.24. The normalized spacial score (nSPS) is 17.0. The predicted octanol–water partition coefficient (Wildman–Crippen LogP) is 5.48. The topological polar surface area (TPSA) is 80.0 Å². The maximum atomic E-state index is 13.1. The number of rotatable bonds is 7. The first kappa shape index (κ1) is 22.2. The molecule has 0 bridgehead atoms. The molecule has 0 radical (unpaired) electrons. The van der Waals surface area contributed by atoms with Crippen molar-refractivity contribution >= 4 is 17.4 Å². The number of ketones is 1. The summed E-state index contributed by atoms with van der Waals surface area (Å²) in [7, 11) is 0. The third kappa shape index (κ3) is 4.59. The first-order valence-electron chi connectivity index (χ1n) is 11.2. The summed E-state index contributed by atoms with van der Waals surface area (Å²) < 4.78 is 11.3. The van der Waals surface area contributed by atoms with Gasteiger partial charge < -0.3 is 19.2 Å². The Hall–Kier alpha value is -4.58. The number of likely N-dealkylation sites (tertiary alicyclic amines) is 1.